The zero-order chi connectivity index (χ0) is 26.9. The minimum absolute atomic E-state index is 0.0622. The van der Waals surface area contributed by atoms with Crippen molar-refractivity contribution >= 4 is 26.0 Å². The summed E-state index contributed by atoms with van der Waals surface area (Å²) in [6.45, 7) is 6.29. The maximum atomic E-state index is 13.1. The SMILES string of the molecule is COc1ccc(S(=O)(=O)N(CCC(C)C)CCS(=O)(=O)N2CCNCC2)cc1.O=C(O)C(F)(F)F. The van der Waals surface area contributed by atoms with Crippen LogP contribution >= 0.6 is 0 Å². The van der Waals surface area contributed by atoms with Gasteiger partial charge in [0.05, 0.1) is 17.8 Å². The van der Waals surface area contributed by atoms with Crippen LogP contribution in [-0.4, -0.2) is 94.8 Å². The highest BCUT2D eigenvalue weighted by Gasteiger charge is 2.38. The summed E-state index contributed by atoms with van der Waals surface area (Å²) in [6, 6.07) is 6.15. The number of benzene rings is 1. The van der Waals surface area contributed by atoms with E-state index in [0.717, 1.165) is 0 Å². The van der Waals surface area contributed by atoms with E-state index in [9.17, 15) is 30.0 Å². The Kier molecular flexibility index (Phi) is 11.9. The van der Waals surface area contributed by atoms with E-state index in [1.54, 1.807) is 12.1 Å². The first kappa shape index (κ1) is 31.1. The fourth-order valence-corrected chi connectivity index (χ4v) is 5.94. The number of ether oxygens (including phenoxy) is 1. The lowest BCUT2D eigenvalue weighted by Gasteiger charge is -2.28. The van der Waals surface area contributed by atoms with Gasteiger partial charge in [-0.1, -0.05) is 13.8 Å². The Hall–Kier alpha value is -1.94. The maximum absolute atomic E-state index is 13.1. The molecule has 0 spiro atoms. The van der Waals surface area contributed by atoms with Crippen molar-refractivity contribution in [2.45, 2.75) is 31.3 Å². The molecule has 0 aromatic heterocycles. The van der Waals surface area contributed by atoms with Crippen LogP contribution in [0.15, 0.2) is 29.2 Å². The van der Waals surface area contributed by atoms with Gasteiger partial charge in [0.15, 0.2) is 0 Å². The Morgan fingerprint density at radius 1 is 1.11 bits per heavy atom. The molecule has 0 aliphatic carbocycles. The molecule has 0 amide bonds. The molecule has 1 aromatic rings. The van der Waals surface area contributed by atoms with Crippen molar-refractivity contribution in [1.82, 2.24) is 13.9 Å². The molecule has 2 rings (SSSR count). The summed E-state index contributed by atoms with van der Waals surface area (Å²) >= 11 is 0. The number of aliphatic carboxylic acids is 1. The molecule has 2 N–H and O–H groups in total. The molecular formula is C20H32F3N3O7S2. The van der Waals surface area contributed by atoms with Crippen molar-refractivity contribution in [3.63, 3.8) is 0 Å². The van der Waals surface area contributed by atoms with Gasteiger partial charge < -0.3 is 15.2 Å². The van der Waals surface area contributed by atoms with Gasteiger partial charge in [-0.05, 0) is 36.6 Å². The van der Waals surface area contributed by atoms with Crippen LogP contribution in [0.2, 0.25) is 0 Å². The smallest absolute Gasteiger partial charge is 0.490 e. The molecule has 10 nitrogen and oxygen atoms in total. The lowest BCUT2D eigenvalue weighted by Crippen LogP contribution is -2.48. The Morgan fingerprint density at radius 3 is 2.06 bits per heavy atom. The average molecular weight is 548 g/mol. The van der Waals surface area contributed by atoms with Crippen molar-refractivity contribution in [2.24, 2.45) is 5.92 Å². The summed E-state index contributed by atoms with van der Waals surface area (Å²) in [6.07, 6.45) is -4.43. The molecule has 1 aromatic carbocycles. The maximum Gasteiger partial charge on any atom is 0.490 e. The third kappa shape index (κ3) is 10.3. The molecule has 0 saturated carbocycles. The molecule has 202 valence electrons. The molecule has 0 bridgehead atoms. The first-order chi connectivity index (χ1) is 16.1. The van der Waals surface area contributed by atoms with Crippen LogP contribution in [0.5, 0.6) is 5.75 Å². The number of sulfonamides is 2. The molecule has 0 atom stereocenters. The van der Waals surface area contributed by atoms with Crippen LogP contribution < -0.4 is 10.1 Å². The third-order valence-electron chi connectivity index (χ3n) is 4.96. The van der Waals surface area contributed by atoms with E-state index in [1.165, 1.54) is 27.9 Å². The molecule has 1 aliphatic heterocycles. The van der Waals surface area contributed by atoms with Gasteiger partial charge in [-0.3, -0.25) is 0 Å². The number of hydrogen-bond acceptors (Lipinski definition) is 7. The number of hydrogen-bond donors (Lipinski definition) is 2. The zero-order valence-electron chi connectivity index (χ0n) is 19.8. The summed E-state index contributed by atoms with van der Waals surface area (Å²) < 4.78 is 91.0. The Balaban J connectivity index is 0.000000762. The molecule has 1 heterocycles. The van der Waals surface area contributed by atoms with Gasteiger partial charge in [-0.25, -0.2) is 21.6 Å². The summed E-state index contributed by atoms with van der Waals surface area (Å²) in [5.74, 6) is -2.11. The Labute approximate surface area is 204 Å². The van der Waals surface area contributed by atoms with E-state index in [-0.39, 0.29) is 23.7 Å². The predicted octanol–water partition coefficient (Wildman–Crippen LogP) is 1.60. The van der Waals surface area contributed by atoms with Gasteiger partial charge in [0.2, 0.25) is 20.0 Å². The van der Waals surface area contributed by atoms with Gasteiger partial charge in [0.25, 0.3) is 0 Å². The van der Waals surface area contributed by atoms with Crippen LogP contribution in [0.4, 0.5) is 13.2 Å². The largest absolute Gasteiger partial charge is 0.497 e. The first-order valence-corrected chi connectivity index (χ1v) is 13.8. The van der Waals surface area contributed by atoms with Gasteiger partial charge in [0.1, 0.15) is 5.75 Å². The Morgan fingerprint density at radius 2 is 1.63 bits per heavy atom. The fourth-order valence-electron chi connectivity index (χ4n) is 2.92. The number of halogens is 3. The summed E-state index contributed by atoms with van der Waals surface area (Å²) in [7, 11) is -5.78. The van der Waals surface area contributed by atoms with Crippen LogP contribution in [0.1, 0.15) is 20.3 Å². The van der Waals surface area contributed by atoms with Gasteiger partial charge in [0, 0.05) is 39.3 Å². The van der Waals surface area contributed by atoms with Crippen LogP contribution in [0.3, 0.4) is 0 Å². The molecule has 1 fully saturated rings. The topological polar surface area (TPSA) is 133 Å². The normalized spacial score (nSPS) is 15.5. The number of nitrogens with zero attached hydrogens (tertiary/aromatic N) is 2. The molecule has 1 saturated heterocycles. The van der Waals surface area contributed by atoms with E-state index in [0.29, 0.717) is 44.3 Å². The van der Waals surface area contributed by atoms with Crippen LogP contribution in [0.25, 0.3) is 0 Å². The number of methoxy groups -OCH3 is 1. The fraction of sp³-hybridized carbons (Fsp3) is 0.650. The predicted molar refractivity (Wildman–Crippen MR) is 123 cm³/mol. The van der Waals surface area contributed by atoms with E-state index in [2.05, 4.69) is 5.32 Å². The Bertz CT molecular complexity index is 1010. The lowest BCUT2D eigenvalue weighted by molar-refractivity contribution is -0.192. The van der Waals surface area contributed by atoms with Crippen LogP contribution in [-0.2, 0) is 24.8 Å². The number of alkyl halides is 3. The molecule has 0 unspecified atom stereocenters. The minimum Gasteiger partial charge on any atom is -0.497 e. The van der Waals surface area contributed by atoms with Crippen molar-refractivity contribution in [1.29, 1.82) is 0 Å². The number of carboxylic acid groups (broad SMARTS) is 1. The van der Waals surface area contributed by atoms with Gasteiger partial charge in [-0.2, -0.15) is 21.8 Å². The quantitative estimate of drug-likeness (QED) is 0.451. The van der Waals surface area contributed by atoms with Crippen molar-refractivity contribution in [3.05, 3.63) is 24.3 Å². The molecular weight excluding hydrogens is 515 g/mol. The van der Waals surface area contributed by atoms with E-state index in [4.69, 9.17) is 14.6 Å². The van der Waals surface area contributed by atoms with Crippen LogP contribution in [0, 0.1) is 5.92 Å². The highest BCUT2D eigenvalue weighted by molar-refractivity contribution is 7.90. The summed E-state index contributed by atoms with van der Waals surface area (Å²) in [5, 5.41) is 10.2. The second-order valence-corrected chi connectivity index (χ2v) is 12.1. The highest BCUT2D eigenvalue weighted by atomic mass is 32.2. The lowest BCUT2D eigenvalue weighted by atomic mass is 10.1. The van der Waals surface area contributed by atoms with E-state index < -0.39 is 32.2 Å². The highest BCUT2D eigenvalue weighted by Crippen LogP contribution is 2.21. The molecule has 0 radical (unpaired) electrons. The second-order valence-electron chi connectivity index (χ2n) is 8.03. The summed E-state index contributed by atoms with van der Waals surface area (Å²) in [5.41, 5.74) is 0. The number of rotatable bonds is 10. The minimum atomic E-state index is -5.08. The average Bonchev–Trinajstić information content (AvgIpc) is 2.79. The number of piperazine rings is 1. The van der Waals surface area contributed by atoms with E-state index >= 15 is 0 Å². The van der Waals surface area contributed by atoms with E-state index in [1.807, 2.05) is 13.8 Å². The van der Waals surface area contributed by atoms with Gasteiger partial charge in [-0.15, -0.1) is 0 Å². The van der Waals surface area contributed by atoms with Crippen molar-refractivity contribution < 1.29 is 44.6 Å². The standard InChI is InChI=1S/C18H31N3O5S2.C2HF3O2/c1-16(2)8-11-21(14-15-27(22,23)20-12-9-19-10-13-20)28(24,25)18-6-4-17(26-3)5-7-18;3-2(4,5)1(6)7/h4-7,16,19H,8-15H2,1-3H3;(H,6,7). The zero-order valence-corrected chi connectivity index (χ0v) is 21.4. The molecule has 35 heavy (non-hydrogen) atoms. The molecule has 15 heteroatoms. The number of carboxylic acids is 1. The van der Waals surface area contributed by atoms with Crippen molar-refractivity contribution in [2.75, 3.05) is 52.1 Å². The molecule has 1 aliphatic rings. The third-order valence-corrected chi connectivity index (χ3v) is 8.73. The second kappa shape index (κ2) is 13.4. The first-order valence-electron chi connectivity index (χ1n) is 10.7. The van der Waals surface area contributed by atoms with Crippen molar-refractivity contribution in [3.8, 4) is 5.75 Å². The van der Waals surface area contributed by atoms with Gasteiger partial charge >= 0.3 is 12.1 Å². The number of nitrogens with one attached hydrogen (secondary N) is 1. The summed E-state index contributed by atoms with van der Waals surface area (Å²) in [4.78, 5) is 9.03. The number of carbonyl (C=O) groups is 1. The monoisotopic (exact) mass is 547 g/mol.